The molecule has 1 aromatic carbocycles. The lowest BCUT2D eigenvalue weighted by Crippen LogP contribution is -1.87. The summed E-state index contributed by atoms with van der Waals surface area (Å²) in [5.74, 6) is -0.120. The molecular weight excluding hydrogens is 158 g/mol. The summed E-state index contributed by atoms with van der Waals surface area (Å²) in [4.78, 5) is 0. The van der Waals surface area contributed by atoms with Crippen LogP contribution in [0.4, 0.5) is 0 Å². The molecule has 0 saturated carbocycles. The molecule has 3 N–H and O–H groups in total. The van der Waals surface area contributed by atoms with Gasteiger partial charge in [0.05, 0.1) is 6.21 Å². The molecule has 1 aromatic rings. The van der Waals surface area contributed by atoms with Gasteiger partial charge < -0.3 is 15.4 Å². The fourth-order valence-electron chi connectivity index (χ4n) is 0.987. The van der Waals surface area contributed by atoms with Gasteiger partial charge in [0.2, 0.25) is 0 Å². The van der Waals surface area contributed by atoms with Gasteiger partial charge in [0, 0.05) is 11.6 Å². The Labute approximate surface area is 69.4 Å². The van der Waals surface area contributed by atoms with E-state index < -0.39 is 0 Å². The van der Waals surface area contributed by atoms with Crippen LogP contribution < -0.4 is 0 Å². The van der Waals surface area contributed by atoms with Crippen LogP contribution in [-0.4, -0.2) is 21.6 Å². The van der Waals surface area contributed by atoms with Crippen LogP contribution in [0.2, 0.25) is 0 Å². The Kier molecular flexibility index (Phi) is 2.19. The molecule has 0 aliphatic carbocycles. The van der Waals surface area contributed by atoms with Crippen LogP contribution in [0.15, 0.2) is 17.3 Å². The fraction of sp³-hybridized carbons (Fsp3) is 0.125. The Bertz CT molecular complexity index is 297. The van der Waals surface area contributed by atoms with E-state index >= 15 is 0 Å². The van der Waals surface area contributed by atoms with Crippen LogP contribution in [-0.2, 0) is 0 Å². The summed E-state index contributed by atoms with van der Waals surface area (Å²) in [7, 11) is 0. The van der Waals surface area contributed by atoms with Crippen molar-refractivity contribution >= 4 is 6.21 Å². The third-order valence-electron chi connectivity index (χ3n) is 1.54. The summed E-state index contributed by atoms with van der Waals surface area (Å²) >= 11 is 0. The topological polar surface area (TPSA) is 73.0 Å². The highest BCUT2D eigenvalue weighted by molar-refractivity contribution is 5.85. The molecule has 4 heteroatoms. The van der Waals surface area contributed by atoms with Gasteiger partial charge in [-0.25, -0.2) is 0 Å². The number of rotatable bonds is 1. The van der Waals surface area contributed by atoms with Crippen LogP contribution in [0.1, 0.15) is 11.1 Å². The molecular formula is C8H9NO3. The third kappa shape index (κ3) is 1.47. The lowest BCUT2D eigenvalue weighted by molar-refractivity contribution is 0.321. The van der Waals surface area contributed by atoms with E-state index in [4.69, 9.17) is 10.3 Å². The minimum atomic E-state index is -0.106. The number of hydrogen-bond acceptors (Lipinski definition) is 4. The van der Waals surface area contributed by atoms with E-state index in [1.54, 1.807) is 6.92 Å². The molecule has 0 aliphatic rings. The monoisotopic (exact) mass is 167 g/mol. The van der Waals surface area contributed by atoms with Crippen molar-refractivity contribution in [2.75, 3.05) is 0 Å². The molecule has 0 atom stereocenters. The molecule has 1 rings (SSSR count). The zero-order chi connectivity index (χ0) is 9.14. The first-order valence-electron chi connectivity index (χ1n) is 3.35. The van der Waals surface area contributed by atoms with Gasteiger partial charge in [-0.15, -0.1) is 0 Å². The largest absolute Gasteiger partial charge is 0.508 e. The molecule has 12 heavy (non-hydrogen) atoms. The number of aryl methyl sites for hydroxylation is 1. The first kappa shape index (κ1) is 8.39. The van der Waals surface area contributed by atoms with Gasteiger partial charge in [-0.05, 0) is 18.6 Å². The maximum Gasteiger partial charge on any atom is 0.128 e. The van der Waals surface area contributed by atoms with Crippen molar-refractivity contribution < 1.29 is 15.4 Å². The van der Waals surface area contributed by atoms with Crippen molar-refractivity contribution in [2.45, 2.75) is 6.92 Å². The van der Waals surface area contributed by atoms with Crippen LogP contribution in [0, 0.1) is 6.92 Å². The molecule has 0 saturated heterocycles. The Morgan fingerprint density at radius 2 is 2.00 bits per heavy atom. The molecule has 64 valence electrons. The first-order valence-corrected chi connectivity index (χ1v) is 3.35. The highest BCUT2D eigenvalue weighted by Crippen LogP contribution is 2.24. The molecule has 0 fully saturated rings. The predicted molar refractivity (Wildman–Crippen MR) is 43.9 cm³/mol. The lowest BCUT2D eigenvalue weighted by Gasteiger charge is -2.02. The van der Waals surface area contributed by atoms with Gasteiger partial charge >= 0.3 is 0 Å². The lowest BCUT2D eigenvalue weighted by atomic mass is 10.1. The van der Waals surface area contributed by atoms with E-state index in [2.05, 4.69) is 5.16 Å². The van der Waals surface area contributed by atoms with Crippen molar-refractivity contribution in [1.29, 1.82) is 0 Å². The zero-order valence-electron chi connectivity index (χ0n) is 6.52. The molecule has 0 radical (unpaired) electrons. The zero-order valence-corrected chi connectivity index (χ0v) is 6.52. The maximum absolute atomic E-state index is 9.24. The molecule has 0 spiro atoms. The highest BCUT2D eigenvalue weighted by atomic mass is 16.4. The van der Waals surface area contributed by atoms with Crippen molar-refractivity contribution in [3.63, 3.8) is 0 Å². The van der Waals surface area contributed by atoms with E-state index in [0.29, 0.717) is 11.1 Å². The smallest absolute Gasteiger partial charge is 0.128 e. The maximum atomic E-state index is 9.24. The second-order valence-electron chi connectivity index (χ2n) is 2.44. The quantitative estimate of drug-likeness (QED) is 0.334. The van der Waals surface area contributed by atoms with Gasteiger partial charge in [0.15, 0.2) is 0 Å². The SMILES string of the molecule is Cc1cc(O)cc(O)c1/C=N/O. The fourth-order valence-corrected chi connectivity index (χ4v) is 0.987. The van der Waals surface area contributed by atoms with Gasteiger partial charge in [-0.3, -0.25) is 0 Å². The Balaban J connectivity index is 3.28. The van der Waals surface area contributed by atoms with E-state index in [1.165, 1.54) is 12.1 Å². The van der Waals surface area contributed by atoms with E-state index in [9.17, 15) is 5.11 Å². The average Bonchev–Trinajstić information content (AvgIpc) is 1.96. The van der Waals surface area contributed by atoms with Crippen LogP contribution >= 0.6 is 0 Å². The number of phenols is 2. The molecule has 0 unspecified atom stereocenters. The molecule has 0 heterocycles. The minimum Gasteiger partial charge on any atom is -0.508 e. The number of oxime groups is 1. The number of phenolic OH excluding ortho intramolecular Hbond substituents is 2. The summed E-state index contributed by atoms with van der Waals surface area (Å²) in [5.41, 5.74) is 1.04. The van der Waals surface area contributed by atoms with Gasteiger partial charge in [-0.1, -0.05) is 5.16 Å². The molecule has 4 nitrogen and oxygen atoms in total. The average molecular weight is 167 g/mol. The van der Waals surface area contributed by atoms with E-state index in [1.807, 2.05) is 0 Å². The number of benzene rings is 1. The van der Waals surface area contributed by atoms with Crippen molar-refractivity contribution in [3.8, 4) is 11.5 Å². The summed E-state index contributed by atoms with van der Waals surface area (Å²) in [6, 6.07) is 2.65. The van der Waals surface area contributed by atoms with Crippen molar-refractivity contribution in [2.24, 2.45) is 5.16 Å². The van der Waals surface area contributed by atoms with E-state index in [0.717, 1.165) is 6.21 Å². The number of aromatic hydroxyl groups is 2. The minimum absolute atomic E-state index is 0.0138. The normalized spacial score (nSPS) is 10.8. The van der Waals surface area contributed by atoms with E-state index in [-0.39, 0.29) is 11.5 Å². The number of nitrogens with zero attached hydrogens (tertiary/aromatic N) is 1. The van der Waals surface area contributed by atoms with Gasteiger partial charge in [-0.2, -0.15) is 0 Å². The van der Waals surface area contributed by atoms with Crippen LogP contribution in [0.5, 0.6) is 11.5 Å². The van der Waals surface area contributed by atoms with Crippen LogP contribution in [0.3, 0.4) is 0 Å². The standard InChI is InChI=1S/C8H9NO3/c1-5-2-6(10)3-8(11)7(5)4-9-12/h2-4,10-12H,1H3/b9-4+. The summed E-state index contributed by atoms with van der Waals surface area (Å²) < 4.78 is 0. The molecule has 0 aliphatic heterocycles. The van der Waals surface area contributed by atoms with Crippen molar-refractivity contribution in [1.82, 2.24) is 0 Å². The Morgan fingerprint density at radius 1 is 1.33 bits per heavy atom. The highest BCUT2D eigenvalue weighted by Gasteiger charge is 2.04. The van der Waals surface area contributed by atoms with Crippen molar-refractivity contribution in [3.05, 3.63) is 23.3 Å². The molecule has 0 bridgehead atoms. The summed E-state index contributed by atoms with van der Waals surface area (Å²) in [6.45, 7) is 1.69. The Morgan fingerprint density at radius 3 is 2.50 bits per heavy atom. The van der Waals surface area contributed by atoms with Gasteiger partial charge in [0.1, 0.15) is 11.5 Å². The molecule has 0 amide bonds. The summed E-state index contributed by atoms with van der Waals surface area (Å²) in [5, 5.41) is 29.3. The third-order valence-corrected chi connectivity index (χ3v) is 1.54. The second-order valence-corrected chi connectivity index (χ2v) is 2.44. The van der Waals surface area contributed by atoms with Crippen LogP contribution in [0.25, 0.3) is 0 Å². The summed E-state index contributed by atoms with van der Waals surface area (Å²) in [6.07, 6.45) is 1.12. The predicted octanol–water partition coefficient (Wildman–Crippen LogP) is 1.21. The second kappa shape index (κ2) is 3.13. The molecule has 0 aromatic heterocycles. The van der Waals surface area contributed by atoms with Gasteiger partial charge in [0.25, 0.3) is 0 Å². The number of hydrogen-bond donors (Lipinski definition) is 3. The Hall–Kier alpha value is -1.71. The first-order chi connectivity index (χ1) is 5.65.